The number of hydrogen-bond acceptors (Lipinski definition) is 5. The summed E-state index contributed by atoms with van der Waals surface area (Å²) in [4.78, 5) is 0.221. The molecule has 0 saturated heterocycles. The number of nitriles is 1. The first kappa shape index (κ1) is 24.7. The lowest BCUT2D eigenvalue weighted by atomic mass is 10.1. The molecule has 0 N–H and O–H groups in total. The van der Waals surface area contributed by atoms with Gasteiger partial charge in [-0.05, 0) is 61.7 Å². The lowest BCUT2D eigenvalue weighted by molar-refractivity contribution is 0.119. The first-order valence-corrected chi connectivity index (χ1v) is 13.0. The number of nitrogens with zero attached hydrogens (tertiary/aromatic N) is 2. The Balaban J connectivity index is 1.67. The molecule has 0 radical (unpaired) electrons. The molecule has 0 aliphatic heterocycles. The molecule has 35 heavy (non-hydrogen) atoms. The zero-order valence-corrected chi connectivity index (χ0v) is 20.7. The van der Waals surface area contributed by atoms with Gasteiger partial charge < -0.3 is 9.15 Å². The number of benzene rings is 3. The molecule has 0 aliphatic carbocycles. The van der Waals surface area contributed by atoms with Gasteiger partial charge in [-0.1, -0.05) is 42.5 Å². The van der Waals surface area contributed by atoms with Crippen molar-refractivity contribution >= 4 is 21.0 Å². The van der Waals surface area contributed by atoms with E-state index in [0.29, 0.717) is 43.1 Å². The third-order valence-corrected chi connectivity index (χ3v) is 7.86. The molecule has 0 aliphatic rings. The Morgan fingerprint density at radius 1 is 1.00 bits per heavy atom. The van der Waals surface area contributed by atoms with Gasteiger partial charge >= 0.3 is 0 Å². The molecule has 0 spiro atoms. The molecule has 4 aromatic rings. The smallest absolute Gasteiger partial charge is 0.243 e. The largest absolute Gasteiger partial charge is 0.458 e. The Morgan fingerprint density at radius 2 is 1.74 bits per heavy atom. The zero-order valence-electron chi connectivity index (χ0n) is 19.9. The molecular weight excluding hydrogens is 460 g/mol. The van der Waals surface area contributed by atoms with Crippen LogP contribution in [0.3, 0.4) is 0 Å². The van der Waals surface area contributed by atoms with Crippen LogP contribution < -0.4 is 0 Å². The summed E-state index contributed by atoms with van der Waals surface area (Å²) in [5, 5.41) is 9.85. The highest BCUT2D eigenvalue weighted by atomic mass is 32.2. The summed E-state index contributed by atoms with van der Waals surface area (Å²) in [6.45, 7) is 5.28. The zero-order chi connectivity index (χ0) is 24.8. The van der Waals surface area contributed by atoms with Crippen molar-refractivity contribution in [2.45, 2.75) is 38.3 Å². The second-order valence-corrected chi connectivity index (χ2v) is 10.3. The maximum atomic E-state index is 13.8. The fraction of sp³-hybridized carbons (Fsp3) is 0.250. The molecule has 1 heterocycles. The van der Waals surface area contributed by atoms with E-state index in [-0.39, 0.29) is 11.4 Å². The highest BCUT2D eigenvalue weighted by molar-refractivity contribution is 7.89. The van der Waals surface area contributed by atoms with Gasteiger partial charge in [-0.3, -0.25) is 0 Å². The van der Waals surface area contributed by atoms with Crippen molar-refractivity contribution in [1.82, 2.24) is 4.31 Å². The van der Waals surface area contributed by atoms with E-state index in [1.807, 2.05) is 44.2 Å². The summed E-state index contributed by atoms with van der Waals surface area (Å²) in [7, 11) is -3.81. The lowest BCUT2D eigenvalue weighted by Crippen LogP contribution is -2.32. The molecule has 6 nitrogen and oxygen atoms in total. The topological polar surface area (TPSA) is 83.5 Å². The molecule has 7 heteroatoms. The van der Waals surface area contributed by atoms with Gasteiger partial charge in [-0.25, -0.2) is 8.42 Å². The molecule has 1 aromatic heterocycles. The quantitative estimate of drug-likeness (QED) is 0.291. The summed E-state index contributed by atoms with van der Waals surface area (Å²) in [5.41, 5.74) is 3.94. The number of rotatable bonds is 10. The SMILES string of the molecule is CCOCc1oc2ccc(S(=O)(=O)N(CCc3ccccc3)Cc3ccc(C#N)cc3)cc2c1C. The van der Waals surface area contributed by atoms with E-state index in [1.165, 1.54) is 4.31 Å². The average Bonchev–Trinajstić information content (AvgIpc) is 3.20. The van der Waals surface area contributed by atoms with E-state index < -0.39 is 10.0 Å². The van der Waals surface area contributed by atoms with E-state index in [9.17, 15) is 8.42 Å². The Morgan fingerprint density at radius 3 is 2.43 bits per heavy atom. The van der Waals surface area contributed by atoms with Gasteiger partial charge in [-0.15, -0.1) is 0 Å². The summed E-state index contributed by atoms with van der Waals surface area (Å²) in [6, 6.07) is 23.9. The van der Waals surface area contributed by atoms with Crippen LogP contribution in [-0.4, -0.2) is 25.9 Å². The highest BCUT2D eigenvalue weighted by Crippen LogP contribution is 2.30. The predicted octanol–water partition coefficient (Wildman–Crippen LogP) is 5.58. The van der Waals surface area contributed by atoms with E-state index in [1.54, 1.807) is 42.5 Å². The van der Waals surface area contributed by atoms with Crippen molar-refractivity contribution < 1.29 is 17.6 Å². The number of hydrogen-bond donors (Lipinski definition) is 0. The fourth-order valence-corrected chi connectivity index (χ4v) is 5.42. The van der Waals surface area contributed by atoms with Crippen LogP contribution in [0.4, 0.5) is 0 Å². The first-order valence-electron chi connectivity index (χ1n) is 11.5. The van der Waals surface area contributed by atoms with Crippen LogP contribution in [0.5, 0.6) is 0 Å². The minimum absolute atomic E-state index is 0.207. The summed E-state index contributed by atoms with van der Waals surface area (Å²) >= 11 is 0. The molecule has 180 valence electrons. The van der Waals surface area contributed by atoms with Crippen LogP contribution in [0.25, 0.3) is 11.0 Å². The van der Waals surface area contributed by atoms with Crippen molar-refractivity contribution in [2.75, 3.05) is 13.2 Å². The first-order chi connectivity index (χ1) is 16.9. The Kier molecular flexibility index (Phi) is 7.67. The summed E-state index contributed by atoms with van der Waals surface area (Å²) in [6.07, 6.45) is 0.585. The number of fused-ring (bicyclic) bond motifs is 1. The number of ether oxygens (including phenoxy) is 1. The molecule has 0 unspecified atom stereocenters. The van der Waals surface area contributed by atoms with Crippen molar-refractivity contribution in [3.05, 3.63) is 101 Å². The molecule has 3 aromatic carbocycles. The van der Waals surface area contributed by atoms with E-state index in [4.69, 9.17) is 14.4 Å². The van der Waals surface area contributed by atoms with Crippen LogP contribution >= 0.6 is 0 Å². The maximum Gasteiger partial charge on any atom is 0.243 e. The van der Waals surface area contributed by atoms with Crippen molar-refractivity contribution in [1.29, 1.82) is 5.26 Å². The number of sulfonamides is 1. The van der Waals surface area contributed by atoms with Crippen LogP contribution in [0.1, 0.15) is 34.9 Å². The maximum absolute atomic E-state index is 13.8. The minimum Gasteiger partial charge on any atom is -0.458 e. The lowest BCUT2D eigenvalue weighted by Gasteiger charge is -2.23. The fourth-order valence-electron chi connectivity index (χ4n) is 3.96. The van der Waals surface area contributed by atoms with Gasteiger partial charge in [0, 0.05) is 30.6 Å². The van der Waals surface area contributed by atoms with Crippen molar-refractivity contribution in [3.8, 4) is 6.07 Å². The van der Waals surface area contributed by atoms with Crippen LogP contribution in [0, 0.1) is 18.3 Å². The molecule has 4 rings (SSSR count). The molecule has 0 amide bonds. The highest BCUT2D eigenvalue weighted by Gasteiger charge is 2.26. The standard InChI is InChI=1S/C28H28N2O4S/c1-3-33-20-28-21(2)26-17-25(13-14-27(26)34-28)35(31,32)30(16-15-22-7-5-4-6-8-22)19-24-11-9-23(18-29)10-12-24/h4-14,17H,3,15-16,19-20H2,1-2H3. The molecule has 0 saturated carbocycles. The normalized spacial score (nSPS) is 11.7. The van der Waals surface area contributed by atoms with Gasteiger partial charge in [0.2, 0.25) is 10.0 Å². The number of furan rings is 1. The van der Waals surface area contributed by atoms with Gasteiger partial charge in [0.05, 0.1) is 16.5 Å². The van der Waals surface area contributed by atoms with Gasteiger partial charge in [0.1, 0.15) is 18.0 Å². The van der Waals surface area contributed by atoms with Crippen LogP contribution in [-0.2, 0) is 34.3 Å². The third-order valence-electron chi connectivity index (χ3n) is 6.02. The van der Waals surface area contributed by atoms with Crippen molar-refractivity contribution in [3.63, 3.8) is 0 Å². The molecule has 0 bridgehead atoms. The van der Waals surface area contributed by atoms with E-state index in [0.717, 1.165) is 22.1 Å². The van der Waals surface area contributed by atoms with E-state index >= 15 is 0 Å². The van der Waals surface area contributed by atoms with E-state index in [2.05, 4.69) is 6.07 Å². The Bertz CT molecular complexity index is 1440. The van der Waals surface area contributed by atoms with Crippen molar-refractivity contribution in [2.24, 2.45) is 0 Å². The monoisotopic (exact) mass is 488 g/mol. The Hall–Kier alpha value is -3.44. The summed E-state index contributed by atoms with van der Waals surface area (Å²) < 4.78 is 40.5. The third kappa shape index (κ3) is 5.63. The molecule has 0 atom stereocenters. The minimum atomic E-state index is -3.81. The van der Waals surface area contributed by atoms with Gasteiger partial charge in [0.15, 0.2) is 0 Å². The molecular formula is C28H28N2O4S. The molecule has 0 fully saturated rings. The van der Waals surface area contributed by atoms with Crippen LogP contribution in [0.2, 0.25) is 0 Å². The van der Waals surface area contributed by atoms with Gasteiger partial charge in [-0.2, -0.15) is 9.57 Å². The average molecular weight is 489 g/mol. The Labute approximate surface area is 206 Å². The van der Waals surface area contributed by atoms with Gasteiger partial charge in [0.25, 0.3) is 0 Å². The predicted molar refractivity (Wildman–Crippen MR) is 135 cm³/mol. The number of aryl methyl sites for hydroxylation is 1. The second kappa shape index (κ2) is 10.9. The summed E-state index contributed by atoms with van der Waals surface area (Å²) in [5.74, 6) is 0.704. The second-order valence-electron chi connectivity index (χ2n) is 8.33. The van der Waals surface area contributed by atoms with Crippen LogP contribution in [0.15, 0.2) is 82.1 Å².